The van der Waals surface area contributed by atoms with E-state index in [4.69, 9.17) is 18.9 Å². The van der Waals surface area contributed by atoms with Crippen LogP contribution in [0.4, 0.5) is 0 Å². The number of rotatable bonds is 39. The molecule has 336 valence electrons. The molecule has 0 aliphatic carbocycles. The minimum atomic E-state index is -1.54. The van der Waals surface area contributed by atoms with Crippen LogP contribution in [0.25, 0.3) is 0 Å². The van der Waals surface area contributed by atoms with Gasteiger partial charge in [0.1, 0.15) is 30.5 Å². The van der Waals surface area contributed by atoms with E-state index in [0.29, 0.717) is 13.0 Å². The van der Waals surface area contributed by atoms with Crippen LogP contribution in [0.2, 0.25) is 0 Å². The number of ether oxygens (including phenoxy) is 4. The number of carbonyl (C=O) groups excluding carboxylic acids is 1. The molecule has 0 aromatic rings. The summed E-state index contributed by atoms with van der Waals surface area (Å²) in [6, 6.07) is 0. The predicted octanol–water partition coefficient (Wildman–Crippen LogP) is 10.7. The second-order valence-electron chi connectivity index (χ2n) is 15.8. The molecule has 9 heteroatoms. The van der Waals surface area contributed by atoms with Crippen LogP contribution in [-0.2, 0) is 23.7 Å². The lowest BCUT2D eigenvalue weighted by Crippen LogP contribution is -2.59. The fourth-order valence-electron chi connectivity index (χ4n) is 6.71. The molecule has 6 atom stereocenters. The maximum atomic E-state index is 12.8. The highest BCUT2D eigenvalue weighted by Crippen LogP contribution is 2.22. The first kappa shape index (κ1) is 53.9. The van der Waals surface area contributed by atoms with Crippen molar-refractivity contribution in [3.8, 4) is 0 Å². The quantitative estimate of drug-likeness (QED) is 0.0272. The average Bonchev–Trinajstić information content (AvgIpc) is 3.22. The standard InChI is InChI=1S/C49H86O9/c1-3-5-7-9-11-13-15-17-18-19-20-21-22-23-24-25-27-29-31-33-35-37-39-55-41-43(42-56-49-48(54)47(53)46(52)44(40-50)58-49)57-45(51)38-36-34-32-30-28-26-16-14-12-10-8-6-4-2/h8,10,14-17,19-20,22-23,43-44,46-50,52-54H,3-7,9,11-13,18,21,24-42H2,1-2H3/b10-8-,16-14-,17-15-,20-19-,23-22-. The summed E-state index contributed by atoms with van der Waals surface area (Å²) in [4.78, 5) is 12.8. The van der Waals surface area contributed by atoms with Gasteiger partial charge in [-0.3, -0.25) is 4.79 Å². The summed E-state index contributed by atoms with van der Waals surface area (Å²) in [5.41, 5.74) is 0. The van der Waals surface area contributed by atoms with E-state index < -0.39 is 43.4 Å². The van der Waals surface area contributed by atoms with Crippen LogP contribution in [-0.4, -0.2) is 89.6 Å². The zero-order valence-electron chi connectivity index (χ0n) is 36.8. The van der Waals surface area contributed by atoms with Gasteiger partial charge in [0.05, 0.1) is 19.8 Å². The highest BCUT2D eigenvalue weighted by molar-refractivity contribution is 5.69. The number of allylic oxidation sites excluding steroid dienone is 10. The van der Waals surface area contributed by atoms with Gasteiger partial charge in [0.2, 0.25) is 0 Å². The maximum absolute atomic E-state index is 12.8. The molecule has 58 heavy (non-hydrogen) atoms. The highest BCUT2D eigenvalue weighted by atomic mass is 16.7. The number of aliphatic hydroxyl groups is 4. The molecule has 0 spiro atoms. The second kappa shape index (κ2) is 40.3. The average molecular weight is 819 g/mol. The van der Waals surface area contributed by atoms with Crippen molar-refractivity contribution in [3.05, 3.63) is 60.8 Å². The molecule has 6 unspecified atom stereocenters. The van der Waals surface area contributed by atoms with E-state index >= 15 is 0 Å². The normalized spacial score (nSPS) is 20.8. The molecule has 1 aliphatic rings. The number of hydrogen-bond donors (Lipinski definition) is 4. The molecule has 0 amide bonds. The Morgan fingerprint density at radius 1 is 0.552 bits per heavy atom. The first-order valence-electron chi connectivity index (χ1n) is 23.4. The fraction of sp³-hybridized carbons (Fsp3) is 0.776. The number of esters is 1. The van der Waals surface area contributed by atoms with Gasteiger partial charge < -0.3 is 39.4 Å². The maximum Gasteiger partial charge on any atom is 0.306 e. The van der Waals surface area contributed by atoms with Crippen LogP contribution in [0, 0.1) is 0 Å². The van der Waals surface area contributed by atoms with Crippen LogP contribution < -0.4 is 0 Å². The minimum Gasteiger partial charge on any atom is -0.457 e. The van der Waals surface area contributed by atoms with Crippen LogP contribution in [0.3, 0.4) is 0 Å². The minimum absolute atomic E-state index is 0.126. The lowest BCUT2D eigenvalue weighted by molar-refractivity contribution is -0.305. The fourth-order valence-corrected chi connectivity index (χ4v) is 6.71. The molecule has 0 bridgehead atoms. The number of aliphatic hydroxyl groups excluding tert-OH is 4. The monoisotopic (exact) mass is 819 g/mol. The summed E-state index contributed by atoms with van der Waals surface area (Å²) >= 11 is 0. The van der Waals surface area contributed by atoms with Gasteiger partial charge in [-0.2, -0.15) is 0 Å². The third-order valence-corrected chi connectivity index (χ3v) is 10.4. The molecule has 1 heterocycles. The van der Waals surface area contributed by atoms with Gasteiger partial charge >= 0.3 is 5.97 Å². The van der Waals surface area contributed by atoms with Crippen LogP contribution in [0.15, 0.2) is 60.8 Å². The Bertz CT molecular complexity index is 1070. The molecule has 1 saturated heterocycles. The Hall–Kier alpha value is -2.11. The van der Waals surface area contributed by atoms with Gasteiger partial charge in [0, 0.05) is 13.0 Å². The largest absolute Gasteiger partial charge is 0.457 e. The third-order valence-electron chi connectivity index (χ3n) is 10.4. The van der Waals surface area contributed by atoms with Crippen molar-refractivity contribution in [2.24, 2.45) is 0 Å². The highest BCUT2D eigenvalue weighted by Gasteiger charge is 2.44. The lowest BCUT2D eigenvalue weighted by Gasteiger charge is -2.39. The smallest absolute Gasteiger partial charge is 0.306 e. The van der Waals surface area contributed by atoms with Gasteiger partial charge in [-0.1, -0.05) is 158 Å². The Balaban J connectivity index is 2.25. The molecule has 0 aromatic heterocycles. The van der Waals surface area contributed by atoms with Crippen molar-refractivity contribution in [1.29, 1.82) is 0 Å². The molecule has 1 rings (SSSR count). The zero-order valence-corrected chi connectivity index (χ0v) is 36.8. The topological polar surface area (TPSA) is 135 Å². The number of hydrogen-bond acceptors (Lipinski definition) is 9. The Labute approximate surface area is 354 Å². The summed E-state index contributed by atoms with van der Waals surface area (Å²) in [6.07, 6.45) is 43.9. The van der Waals surface area contributed by atoms with Crippen LogP contribution in [0.1, 0.15) is 181 Å². The summed E-state index contributed by atoms with van der Waals surface area (Å²) in [6.45, 7) is 4.43. The van der Waals surface area contributed by atoms with Crippen molar-refractivity contribution in [3.63, 3.8) is 0 Å². The SMILES string of the molecule is CCC/C=C\C/C=C\CCCCCCCC(=O)OC(COCCCCCCCCC/C=C\C/C=C\C/C=C\CCCCCCC)COC1OC(CO)C(O)C(O)C1O. The molecular formula is C49H86O9. The van der Waals surface area contributed by atoms with Crippen LogP contribution >= 0.6 is 0 Å². The number of unbranched alkanes of at least 4 members (excludes halogenated alkanes) is 18. The Morgan fingerprint density at radius 2 is 1.03 bits per heavy atom. The van der Waals surface area contributed by atoms with E-state index in [9.17, 15) is 25.2 Å². The van der Waals surface area contributed by atoms with Crippen molar-refractivity contribution in [2.75, 3.05) is 26.4 Å². The van der Waals surface area contributed by atoms with Crippen molar-refractivity contribution >= 4 is 5.97 Å². The summed E-state index contributed by atoms with van der Waals surface area (Å²) < 4.78 is 22.8. The van der Waals surface area contributed by atoms with E-state index in [2.05, 4.69) is 74.6 Å². The van der Waals surface area contributed by atoms with Gasteiger partial charge in [-0.25, -0.2) is 0 Å². The van der Waals surface area contributed by atoms with E-state index in [-0.39, 0.29) is 19.2 Å². The van der Waals surface area contributed by atoms with Gasteiger partial charge in [0.15, 0.2) is 6.29 Å². The first-order chi connectivity index (χ1) is 28.4. The Morgan fingerprint density at radius 3 is 1.57 bits per heavy atom. The molecule has 1 fully saturated rings. The van der Waals surface area contributed by atoms with Crippen molar-refractivity contribution in [2.45, 2.75) is 218 Å². The molecule has 0 aromatic carbocycles. The summed E-state index contributed by atoms with van der Waals surface area (Å²) in [5.74, 6) is -0.334. The van der Waals surface area contributed by atoms with Gasteiger partial charge in [-0.15, -0.1) is 0 Å². The Kier molecular flexibility index (Phi) is 37.5. The van der Waals surface area contributed by atoms with Crippen LogP contribution in [0.5, 0.6) is 0 Å². The van der Waals surface area contributed by atoms with Crippen molar-refractivity contribution in [1.82, 2.24) is 0 Å². The molecular weight excluding hydrogens is 733 g/mol. The molecule has 1 aliphatic heterocycles. The van der Waals surface area contributed by atoms with Gasteiger partial charge in [0.25, 0.3) is 0 Å². The molecule has 9 nitrogen and oxygen atoms in total. The van der Waals surface area contributed by atoms with E-state index in [1.54, 1.807) is 0 Å². The summed E-state index contributed by atoms with van der Waals surface area (Å²) in [7, 11) is 0. The lowest BCUT2D eigenvalue weighted by atomic mass is 9.99. The van der Waals surface area contributed by atoms with Gasteiger partial charge in [-0.05, 0) is 77.0 Å². The zero-order chi connectivity index (χ0) is 42.2. The third kappa shape index (κ3) is 30.9. The first-order valence-corrected chi connectivity index (χ1v) is 23.4. The van der Waals surface area contributed by atoms with E-state index in [0.717, 1.165) is 89.9 Å². The molecule has 4 N–H and O–H groups in total. The van der Waals surface area contributed by atoms with Crippen molar-refractivity contribution < 1.29 is 44.2 Å². The number of carbonyl (C=O) groups is 1. The molecule has 0 saturated carbocycles. The summed E-state index contributed by atoms with van der Waals surface area (Å²) in [5, 5.41) is 40.1. The predicted molar refractivity (Wildman–Crippen MR) is 238 cm³/mol. The second-order valence-corrected chi connectivity index (χ2v) is 15.8. The van der Waals surface area contributed by atoms with E-state index in [1.165, 1.54) is 70.6 Å². The molecule has 0 radical (unpaired) electrons. The van der Waals surface area contributed by atoms with E-state index in [1.807, 2.05) is 0 Å².